The molecule has 0 unspecified atom stereocenters. The Labute approximate surface area is 211 Å². The summed E-state index contributed by atoms with van der Waals surface area (Å²) >= 11 is 0. The number of nitrogens with one attached hydrogen (secondary N) is 2. The highest BCUT2D eigenvalue weighted by molar-refractivity contribution is 5.90. The first-order chi connectivity index (χ1) is 16.8. The van der Waals surface area contributed by atoms with Crippen molar-refractivity contribution in [1.82, 2.24) is 25.3 Å². The van der Waals surface area contributed by atoms with Crippen LogP contribution in [0.4, 0.5) is 13.6 Å². The van der Waals surface area contributed by atoms with Gasteiger partial charge in [-0.1, -0.05) is 20.8 Å². The molecule has 0 saturated carbocycles. The molecule has 0 radical (unpaired) electrons. The molecule has 2 aliphatic rings. The minimum atomic E-state index is -1.04. The molecular weight excluding hydrogens is 472 g/mol. The molecule has 1 aromatic carbocycles. The molecule has 0 bridgehead atoms. The zero-order valence-corrected chi connectivity index (χ0v) is 22.0. The van der Waals surface area contributed by atoms with Crippen molar-refractivity contribution >= 4 is 17.8 Å². The number of ether oxygens (including phenoxy) is 1. The number of likely N-dealkylation sites (N-methyl/N-ethyl adjacent to an activating group) is 1. The van der Waals surface area contributed by atoms with E-state index in [1.165, 1.54) is 11.0 Å². The van der Waals surface area contributed by atoms with Gasteiger partial charge in [-0.15, -0.1) is 0 Å². The number of hydrogen-bond acceptors (Lipinski definition) is 5. The van der Waals surface area contributed by atoms with Crippen LogP contribution in [-0.4, -0.2) is 97.0 Å². The van der Waals surface area contributed by atoms with Gasteiger partial charge in [-0.05, 0) is 37.9 Å². The molecule has 2 heterocycles. The Bertz CT molecular complexity index is 999. The largest absolute Gasteiger partial charge is 0.486 e. The average Bonchev–Trinajstić information content (AvgIpc) is 3.38. The number of halogens is 2. The molecule has 0 aliphatic carbocycles. The number of likely N-dealkylation sites (tertiary alicyclic amines) is 2. The van der Waals surface area contributed by atoms with Crippen molar-refractivity contribution in [3.05, 3.63) is 29.8 Å². The highest BCUT2D eigenvalue weighted by Crippen LogP contribution is 2.36. The number of urea groups is 1. The van der Waals surface area contributed by atoms with Crippen LogP contribution in [0.2, 0.25) is 0 Å². The highest BCUT2D eigenvalue weighted by atomic mass is 19.2. The first-order valence-electron chi connectivity index (χ1n) is 12.1. The van der Waals surface area contributed by atoms with Gasteiger partial charge in [0.15, 0.2) is 11.6 Å². The minimum Gasteiger partial charge on any atom is -0.486 e. The maximum Gasteiger partial charge on any atom is 0.319 e. The fraction of sp³-hybridized carbons (Fsp3) is 0.640. The summed E-state index contributed by atoms with van der Waals surface area (Å²) in [6, 6.07) is 0.900. The smallest absolute Gasteiger partial charge is 0.319 e. The van der Waals surface area contributed by atoms with Crippen LogP contribution in [0.1, 0.15) is 34.1 Å². The monoisotopic (exact) mass is 509 g/mol. The number of carbonyl (C=O) groups excluding carboxylic acids is 3. The first kappa shape index (κ1) is 27.6. The topological polar surface area (TPSA) is 94.2 Å². The van der Waals surface area contributed by atoms with E-state index in [0.29, 0.717) is 13.0 Å². The van der Waals surface area contributed by atoms with Crippen molar-refractivity contribution in [1.29, 1.82) is 0 Å². The molecule has 36 heavy (non-hydrogen) atoms. The maximum absolute atomic E-state index is 13.9. The molecule has 9 nitrogen and oxygen atoms in total. The van der Waals surface area contributed by atoms with Crippen LogP contribution < -0.4 is 15.4 Å². The number of nitrogens with zero attached hydrogens (tertiary/aromatic N) is 3. The van der Waals surface area contributed by atoms with Gasteiger partial charge in [-0.2, -0.15) is 0 Å². The molecule has 2 aliphatic heterocycles. The molecule has 0 spiro atoms. The van der Waals surface area contributed by atoms with E-state index >= 15 is 0 Å². The number of benzene rings is 1. The average molecular weight is 510 g/mol. The Morgan fingerprint density at radius 3 is 2.36 bits per heavy atom. The Morgan fingerprint density at radius 2 is 1.81 bits per heavy atom. The summed E-state index contributed by atoms with van der Waals surface area (Å²) in [5.74, 6) is -2.50. The van der Waals surface area contributed by atoms with E-state index < -0.39 is 41.3 Å². The molecule has 5 atom stereocenters. The van der Waals surface area contributed by atoms with Gasteiger partial charge in [0.2, 0.25) is 11.8 Å². The predicted molar refractivity (Wildman–Crippen MR) is 130 cm³/mol. The summed E-state index contributed by atoms with van der Waals surface area (Å²) in [5.41, 5.74) is -0.591. The summed E-state index contributed by atoms with van der Waals surface area (Å²) in [7, 11) is 4.96. The van der Waals surface area contributed by atoms with E-state index in [9.17, 15) is 23.2 Å². The molecule has 200 valence electrons. The Kier molecular flexibility index (Phi) is 8.12. The van der Waals surface area contributed by atoms with Gasteiger partial charge in [0.05, 0.1) is 24.7 Å². The van der Waals surface area contributed by atoms with Gasteiger partial charge in [0, 0.05) is 26.7 Å². The summed E-state index contributed by atoms with van der Waals surface area (Å²) in [6.45, 7) is 7.88. The number of rotatable bonds is 6. The lowest BCUT2D eigenvalue weighted by molar-refractivity contribution is -0.141. The van der Waals surface area contributed by atoms with Crippen LogP contribution >= 0.6 is 0 Å². The van der Waals surface area contributed by atoms with E-state index in [0.717, 1.165) is 12.1 Å². The third-order valence-electron chi connectivity index (χ3n) is 6.89. The molecule has 1 aromatic rings. The zero-order chi connectivity index (χ0) is 26.9. The lowest BCUT2D eigenvalue weighted by atomic mass is 9.85. The number of carbonyl (C=O) groups is 3. The molecule has 2 N–H and O–H groups in total. The van der Waals surface area contributed by atoms with Crippen LogP contribution in [0.25, 0.3) is 0 Å². The van der Waals surface area contributed by atoms with E-state index in [2.05, 4.69) is 10.6 Å². The van der Waals surface area contributed by atoms with Crippen molar-refractivity contribution in [3.63, 3.8) is 0 Å². The zero-order valence-electron chi connectivity index (χ0n) is 22.0. The molecule has 3 rings (SSSR count). The second-order valence-corrected chi connectivity index (χ2v) is 10.8. The Balaban J connectivity index is 1.93. The van der Waals surface area contributed by atoms with Crippen LogP contribution in [-0.2, 0) is 9.59 Å². The highest BCUT2D eigenvalue weighted by Gasteiger charge is 2.55. The van der Waals surface area contributed by atoms with E-state index in [4.69, 9.17) is 4.74 Å². The number of hydrogen-bond donors (Lipinski definition) is 2. The third-order valence-corrected chi connectivity index (χ3v) is 6.89. The van der Waals surface area contributed by atoms with Gasteiger partial charge in [-0.25, -0.2) is 13.6 Å². The van der Waals surface area contributed by atoms with Crippen molar-refractivity contribution < 1.29 is 27.9 Å². The summed E-state index contributed by atoms with van der Waals surface area (Å²) in [4.78, 5) is 44.3. The lowest BCUT2D eigenvalue weighted by Gasteiger charge is -2.37. The summed E-state index contributed by atoms with van der Waals surface area (Å²) in [5, 5.41) is 5.76. The van der Waals surface area contributed by atoms with Gasteiger partial charge < -0.3 is 30.1 Å². The summed E-state index contributed by atoms with van der Waals surface area (Å²) in [6.07, 6.45) is -0.131. The van der Waals surface area contributed by atoms with Crippen molar-refractivity contribution in [3.8, 4) is 5.75 Å². The predicted octanol–water partition coefficient (Wildman–Crippen LogP) is 1.82. The maximum atomic E-state index is 13.9. The van der Waals surface area contributed by atoms with Gasteiger partial charge in [0.25, 0.3) is 0 Å². The van der Waals surface area contributed by atoms with Crippen molar-refractivity contribution in [2.45, 2.75) is 64.4 Å². The van der Waals surface area contributed by atoms with Crippen molar-refractivity contribution in [2.24, 2.45) is 5.41 Å². The molecule has 0 aromatic heterocycles. The van der Waals surface area contributed by atoms with Crippen molar-refractivity contribution in [2.75, 3.05) is 34.2 Å². The second-order valence-electron chi connectivity index (χ2n) is 10.8. The SMILES string of the molecule is CN[C@@H](C)C(=O)N[C@H](C(=O)N1CC[C@@H]2[C@H]1[C@@H](Oc1ccc(F)c(F)c1)CN2C(=O)N(C)C)C(C)(C)C. The Hall–Kier alpha value is -2.95. The summed E-state index contributed by atoms with van der Waals surface area (Å²) < 4.78 is 33.4. The van der Waals surface area contributed by atoms with Crippen LogP contribution in [0.5, 0.6) is 5.75 Å². The van der Waals surface area contributed by atoms with Crippen LogP contribution in [0.15, 0.2) is 18.2 Å². The van der Waals surface area contributed by atoms with Crippen LogP contribution in [0, 0.1) is 17.0 Å². The number of fused-ring (bicyclic) bond motifs is 1. The van der Waals surface area contributed by atoms with E-state index in [1.807, 2.05) is 20.8 Å². The molecular formula is C25H37F2N5O4. The fourth-order valence-corrected chi connectivity index (χ4v) is 4.80. The van der Waals surface area contributed by atoms with Gasteiger partial charge in [-0.3, -0.25) is 9.59 Å². The lowest BCUT2D eigenvalue weighted by Crippen LogP contribution is -2.59. The molecule has 11 heteroatoms. The van der Waals surface area contributed by atoms with Gasteiger partial charge in [0.1, 0.15) is 17.9 Å². The van der Waals surface area contributed by atoms with E-state index in [1.54, 1.807) is 37.9 Å². The molecule has 2 saturated heterocycles. The van der Waals surface area contributed by atoms with E-state index in [-0.39, 0.29) is 36.2 Å². The Morgan fingerprint density at radius 1 is 1.14 bits per heavy atom. The molecule has 4 amide bonds. The van der Waals surface area contributed by atoms with Gasteiger partial charge >= 0.3 is 6.03 Å². The third kappa shape index (κ3) is 5.55. The second kappa shape index (κ2) is 10.6. The quantitative estimate of drug-likeness (QED) is 0.610. The number of amides is 4. The normalized spacial score (nSPS) is 23.2. The first-order valence-corrected chi connectivity index (χ1v) is 12.1. The minimum absolute atomic E-state index is 0.111. The fourth-order valence-electron chi connectivity index (χ4n) is 4.80. The molecule has 2 fully saturated rings. The van der Waals surface area contributed by atoms with Crippen LogP contribution in [0.3, 0.4) is 0 Å². The standard InChI is InChI=1S/C25H37F2N5O4/c1-14(28-5)22(33)29-21(25(2,3)4)23(34)31-11-10-18-20(31)19(13-32(18)24(35)30(6)7)36-15-8-9-16(26)17(27)12-15/h8-9,12,14,18-21,28H,10-11,13H2,1-7H3,(H,29,33)/t14-,18+,19-,20-,21+/m0/s1.